The summed E-state index contributed by atoms with van der Waals surface area (Å²) in [5.41, 5.74) is 1.31. The van der Waals surface area contributed by atoms with Crippen molar-refractivity contribution < 1.29 is 5.11 Å². The SMILES string of the molecule is OC(Cc1ccsc1)C1C2CCCC21. The van der Waals surface area contributed by atoms with Crippen LogP contribution in [-0.4, -0.2) is 11.2 Å². The molecule has 2 saturated carbocycles. The lowest BCUT2D eigenvalue weighted by Crippen LogP contribution is -2.15. The lowest BCUT2D eigenvalue weighted by Gasteiger charge is -2.11. The molecule has 2 fully saturated rings. The van der Waals surface area contributed by atoms with Gasteiger partial charge in [-0.15, -0.1) is 0 Å². The standard InChI is InChI=1S/C12H16OS/c13-11(6-8-4-5-14-7-8)12-9-2-1-3-10(9)12/h4-5,7,9-13H,1-3,6H2. The zero-order valence-electron chi connectivity index (χ0n) is 8.23. The molecular weight excluding hydrogens is 192 g/mol. The average molecular weight is 208 g/mol. The van der Waals surface area contributed by atoms with E-state index in [2.05, 4.69) is 16.8 Å². The van der Waals surface area contributed by atoms with Gasteiger partial charge in [0.1, 0.15) is 0 Å². The summed E-state index contributed by atoms with van der Waals surface area (Å²) in [5.74, 6) is 2.40. The summed E-state index contributed by atoms with van der Waals surface area (Å²) >= 11 is 1.72. The Hall–Kier alpha value is -0.340. The highest BCUT2D eigenvalue weighted by Gasteiger charge is 2.55. The van der Waals surface area contributed by atoms with Gasteiger partial charge in [0.25, 0.3) is 0 Å². The Morgan fingerprint density at radius 3 is 2.86 bits per heavy atom. The molecule has 1 N–H and O–H groups in total. The molecule has 0 radical (unpaired) electrons. The molecule has 3 atom stereocenters. The quantitative estimate of drug-likeness (QED) is 0.809. The largest absolute Gasteiger partial charge is 0.392 e. The molecule has 14 heavy (non-hydrogen) atoms. The first-order valence-electron chi connectivity index (χ1n) is 5.55. The van der Waals surface area contributed by atoms with E-state index in [-0.39, 0.29) is 6.10 Å². The third kappa shape index (κ3) is 1.41. The first kappa shape index (κ1) is 8.93. The Kier molecular flexibility index (Phi) is 2.14. The van der Waals surface area contributed by atoms with Crippen molar-refractivity contribution in [2.75, 3.05) is 0 Å². The summed E-state index contributed by atoms with van der Waals surface area (Å²) in [6, 6.07) is 2.13. The van der Waals surface area contributed by atoms with E-state index in [1.54, 1.807) is 11.3 Å². The Bertz CT molecular complexity index is 296. The van der Waals surface area contributed by atoms with Gasteiger partial charge in [-0.05, 0) is 59.4 Å². The zero-order chi connectivity index (χ0) is 9.54. The van der Waals surface area contributed by atoms with Crippen molar-refractivity contribution >= 4 is 11.3 Å². The maximum absolute atomic E-state index is 10.1. The van der Waals surface area contributed by atoms with E-state index >= 15 is 0 Å². The van der Waals surface area contributed by atoms with Crippen molar-refractivity contribution in [2.45, 2.75) is 31.8 Å². The van der Waals surface area contributed by atoms with Crippen LogP contribution >= 0.6 is 11.3 Å². The maximum Gasteiger partial charge on any atom is 0.0614 e. The summed E-state index contributed by atoms with van der Waals surface area (Å²) < 4.78 is 0. The second kappa shape index (κ2) is 3.35. The predicted octanol–water partition coefficient (Wildman–Crippen LogP) is 2.70. The first-order chi connectivity index (χ1) is 6.86. The molecule has 0 saturated heterocycles. The van der Waals surface area contributed by atoms with E-state index in [0.717, 1.165) is 18.3 Å². The van der Waals surface area contributed by atoms with Crippen molar-refractivity contribution in [3.63, 3.8) is 0 Å². The van der Waals surface area contributed by atoms with Gasteiger partial charge in [0.15, 0.2) is 0 Å². The second-order valence-corrected chi connectivity index (χ2v) is 5.52. The molecule has 1 heterocycles. The number of hydrogen-bond acceptors (Lipinski definition) is 2. The maximum atomic E-state index is 10.1. The van der Waals surface area contributed by atoms with Crippen molar-refractivity contribution in [2.24, 2.45) is 17.8 Å². The molecule has 1 aromatic heterocycles. The monoisotopic (exact) mass is 208 g/mol. The highest BCUT2D eigenvalue weighted by molar-refractivity contribution is 7.07. The fraction of sp³-hybridized carbons (Fsp3) is 0.667. The fourth-order valence-corrected chi connectivity index (χ4v) is 3.92. The van der Waals surface area contributed by atoms with Crippen LogP contribution in [-0.2, 0) is 6.42 Å². The van der Waals surface area contributed by atoms with Crippen LogP contribution < -0.4 is 0 Å². The third-order valence-corrected chi connectivity index (χ3v) is 4.67. The lowest BCUT2D eigenvalue weighted by atomic mass is 10.0. The number of fused-ring (bicyclic) bond motifs is 1. The topological polar surface area (TPSA) is 20.2 Å². The molecular formula is C12H16OS. The summed E-state index contributed by atoms with van der Waals surface area (Å²) in [6.07, 6.45) is 4.95. The van der Waals surface area contributed by atoms with Crippen LogP contribution in [0.4, 0.5) is 0 Å². The highest BCUT2D eigenvalue weighted by Crippen LogP contribution is 2.59. The van der Waals surface area contributed by atoms with E-state index in [4.69, 9.17) is 0 Å². The van der Waals surface area contributed by atoms with Gasteiger partial charge in [-0.25, -0.2) is 0 Å². The summed E-state index contributed by atoms with van der Waals surface area (Å²) in [5, 5.41) is 14.3. The Balaban J connectivity index is 1.59. The number of aliphatic hydroxyl groups is 1. The molecule has 1 aromatic rings. The van der Waals surface area contributed by atoms with Gasteiger partial charge in [0.2, 0.25) is 0 Å². The predicted molar refractivity (Wildman–Crippen MR) is 58.4 cm³/mol. The van der Waals surface area contributed by atoms with Gasteiger partial charge in [0.05, 0.1) is 6.10 Å². The minimum absolute atomic E-state index is 0.0695. The van der Waals surface area contributed by atoms with Crippen molar-refractivity contribution in [1.29, 1.82) is 0 Å². The van der Waals surface area contributed by atoms with E-state index in [1.165, 1.54) is 24.8 Å². The van der Waals surface area contributed by atoms with Crippen LogP contribution in [0.2, 0.25) is 0 Å². The van der Waals surface area contributed by atoms with Crippen molar-refractivity contribution in [1.82, 2.24) is 0 Å². The molecule has 2 aliphatic carbocycles. The molecule has 76 valence electrons. The minimum Gasteiger partial charge on any atom is -0.392 e. The molecule has 0 aromatic carbocycles. The van der Waals surface area contributed by atoms with E-state index in [0.29, 0.717) is 5.92 Å². The Morgan fingerprint density at radius 1 is 1.43 bits per heavy atom. The van der Waals surface area contributed by atoms with Crippen LogP contribution in [0.25, 0.3) is 0 Å². The van der Waals surface area contributed by atoms with E-state index < -0.39 is 0 Å². The van der Waals surface area contributed by atoms with Crippen molar-refractivity contribution in [3.05, 3.63) is 22.4 Å². The number of aliphatic hydroxyl groups excluding tert-OH is 1. The van der Waals surface area contributed by atoms with E-state index in [1.807, 2.05) is 0 Å². The lowest BCUT2D eigenvalue weighted by molar-refractivity contribution is 0.136. The summed E-state index contributed by atoms with van der Waals surface area (Å²) in [7, 11) is 0. The molecule has 1 nitrogen and oxygen atoms in total. The normalized spacial score (nSPS) is 36.8. The number of rotatable bonds is 3. The van der Waals surface area contributed by atoms with Gasteiger partial charge < -0.3 is 5.11 Å². The third-order valence-electron chi connectivity index (χ3n) is 3.94. The van der Waals surface area contributed by atoms with Crippen LogP contribution in [0.5, 0.6) is 0 Å². The first-order valence-corrected chi connectivity index (χ1v) is 6.49. The van der Waals surface area contributed by atoms with Crippen molar-refractivity contribution in [3.8, 4) is 0 Å². The second-order valence-electron chi connectivity index (χ2n) is 4.74. The van der Waals surface area contributed by atoms with Crippen LogP contribution in [0, 0.1) is 17.8 Å². The summed E-state index contributed by atoms with van der Waals surface area (Å²) in [6.45, 7) is 0. The Morgan fingerprint density at radius 2 is 2.21 bits per heavy atom. The van der Waals surface area contributed by atoms with Gasteiger partial charge >= 0.3 is 0 Å². The summed E-state index contributed by atoms with van der Waals surface area (Å²) in [4.78, 5) is 0. The molecule has 2 aliphatic rings. The molecule has 0 bridgehead atoms. The molecule has 2 heteroatoms. The molecule has 0 aliphatic heterocycles. The Labute approximate surface area is 88.8 Å². The van der Waals surface area contributed by atoms with Gasteiger partial charge in [0, 0.05) is 0 Å². The zero-order valence-corrected chi connectivity index (χ0v) is 9.04. The minimum atomic E-state index is -0.0695. The smallest absolute Gasteiger partial charge is 0.0614 e. The molecule has 3 unspecified atom stereocenters. The molecule has 0 spiro atoms. The molecule has 0 amide bonds. The highest BCUT2D eigenvalue weighted by atomic mass is 32.1. The van der Waals surface area contributed by atoms with Crippen LogP contribution in [0.1, 0.15) is 24.8 Å². The van der Waals surface area contributed by atoms with Crippen LogP contribution in [0.3, 0.4) is 0 Å². The van der Waals surface area contributed by atoms with Crippen LogP contribution in [0.15, 0.2) is 16.8 Å². The van der Waals surface area contributed by atoms with Gasteiger partial charge in [-0.2, -0.15) is 11.3 Å². The average Bonchev–Trinajstić information content (AvgIpc) is 2.63. The number of hydrogen-bond donors (Lipinski definition) is 1. The molecule has 3 rings (SSSR count). The fourth-order valence-electron chi connectivity index (χ4n) is 3.23. The van der Waals surface area contributed by atoms with Gasteiger partial charge in [-0.3, -0.25) is 0 Å². The number of thiophene rings is 1. The van der Waals surface area contributed by atoms with Gasteiger partial charge in [-0.1, -0.05) is 6.42 Å². The van der Waals surface area contributed by atoms with E-state index in [9.17, 15) is 5.11 Å².